The number of aliphatic hydroxyl groups excluding tert-OH is 2. The molecular weight excluding hydrogens is 304 g/mol. The Morgan fingerprint density at radius 1 is 1.08 bits per heavy atom. The summed E-state index contributed by atoms with van der Waals surface area (Å²) in [5.41, 5.74) is 0.477. The first kappa shape index (κ1) is 17.8. The van der Waals surface area contributed by atoms with Crippen molar-refractivity contribution < 1.29 is 19.8 Å². The predicted molar refractivity (Wildman–Crippen MR) is 91.3 cm³/mol. The van der Waals surface area contributed by atoms with Crippen LogP contribution in [-0.2, 0) is 9.59 Å². The van der Waals surface area contributed by atoms with Crippen LogP contribution in [0, 0.1) is 22.2 Å². The number of fused-ring (bicyclic) bond motifs is 2. The third-order valence-electron chi connectivity index (χ3n) is 7.23. The van der Waals surface area contributed by atoms with E-state index in [1.54, 1.807) is 0 Å². The van der Waals surface area contributed by atoms with E-state index in [1.165, 1.54) is 0 Å². The minimum atomic E-state index is -0.975. The maximum atomic E-state index is 13.1. The number of ketones is 2. The van der Waals surface area contributed by atoms with Gasteiger partial charge in [0.1, 0.15) is 0 Å². The molecule has 1 fully saturated rings. The predicted octanol–water partition coefficient (Wildman–Crippen LogP) is 2.81. The topological polar surface area (TPSA) is 74.6 Å². The van der Waals surface area contributed by atoms with Crippen LogP contribution in [0.3, 0.4) is 0 Å². The molecule has 3 aliphatic carbocycles. The van der Waals surface area contributed by atoms with Gasteiger partial charge in [-0.05, 0) is 30.6 Å². The van der Waals surface area contributed by atoms with Gasteiger partial charge in [0.05, 0.1) is 12.7 Å². The second kappa shape index (κ2) is 5.50. The monoisotopic (exact) mass is 334 g/mol. The van der Waals surface area contributed by atoms with Gasteiger partial charge in [0.15, 0.2) is 11.6 Å². The van der Waals surface area contributed by atoms with E-state index in [2.05, 4.69) is 20.8 Å². The molecule has 0 aromatic heterocycles. The van der Waals surface area contributed by atoms with Crippen molar-refractivity contribution in [3.63, 3.8) is 0 Å². The first-order valence-electron chi connectivity index (χ1n) is 9.14. The highest BCUT2D eigenvalue weighted by Crippen LogP contribution is 2.61. The van der Waals surface area contributed by atoms with Gasteiger partial charge in [0.2, 0.25) is 0 Å². The zero-order valence-electron chi connectivity index (χ0n) is 15.3. The normalized spacial score (nSPS) is 40.2. The van der Waals surface area contributed by atoms with Crippen LogP contribution in [0.1, 0.15) is 66.2 Å². The van der Waals surface area contributed by atoms with Crippen LogP contribution < -0.4 is 0 Å². The number of hydrogen-bond donors (Lipinski definition) is 2. The number of hydrogen-bond acceptors (Lipinski definition) is 4. The molecule has 0 aromatic carbocycles. The van der Waals surface area contributed by atoms with Crippen molar-refractivity contribution in [2.24, 2.45) is 22.2 Å². The van der Waals surface area contributed by atoms with Crippen LogP contribution in [-0.4, -0.2) is 34.5 Å². The van der Waals surface area contributed by atoms with Gasteiger partial charge in [-0.25, -0.2) is 0 Å². The van der Waals surface area contributed by atoms with E-state index in [1.807, 2.05) is 6.92 Å². The molecule has 24 heavy (non-hydrogen) atoms. The molecule has 2 unspecified atom stereocenters. The molecule has 0 radical (unpaired) electrons. The smallest absolute Gasteiger partial charge is 0.160 e. The lowest BCUT2D eigenvalue weighted by molar-refractivity contribution is -0.132. The van der Waals surface area contributed by atoms with E-state index in [0.29, 0.717) is 18.4 Å². The minimum Gasteiger partial charge on any atom is -0.394 e. The molecule has 3 rings (SSSR count). The zero-order valence-corrected chi connectivity index (χ0v) is 15.3. The second-order valence-electron chi connectivity index (χ2n) is 9.42. The summed E-state index contributed by atoms with van der Waals surface area (Å²) < 4.78 is 0. The molecule has 1 saturated carbocycles. The molecule has 0 spiro atoms. The van der Waals surface area contributed by atoms with Gasteiger partial charge in [-0.1, -0.05) is 34.1 Å². The van der Waals surface area contributed by atoms with Crippen LogP contribution in [0.15, 0.2) is 11.1 Å². The molecule has 4 atom stereocenters. The maximum absolute atomic E-state index is 13.1. The highest BCUT2D eigenvalue weighted by molar-refractivity contribution is 6.10. The maximum Gasteiger partial charge on any atom is 0.160 e. The minimum absolute atomic E-state index is 0.00417. The van der Waals surface area contributed by atoms with Crippen molar-refractivity contribution in [3.8, 4) is 0 Å². The summed E-state index contributed by atoms with van der Waals surface area (Å²) in [6, 6.07) is 0. The summed E-state index contributed by atoms with van der Waals surface area (Å²) in [7, 11) is 0. The van der Waals surface area contributed by atoms with E-state index in [-0.39, 0.29) is 41.3 Å². The van der Waals surface area contributed by atoms with Crippen molar-refractivity contribution in [1.82, 2.24) is 0 Å². The highest BCUT2D eigenvalue weighted by atomic mass is 16.3. The molecule has 0 bridgehead atoms. The average molecular weight is 334 g/mol. The third-order valence-corrected chi connectivity index (χ3v) is 7.23. The van der Waals surface area contributed by atoms with Crippen LogP contribution in [0.2, 0.25) is 0 Å². The molecule has 0 amide bonds. The summed E-state index contributed by atoms with van der Waals surface area (Å²) in [4.78, 5) is 26.0. The Balaban J connectivity index is 2.10. The lowest BCUT2D eigenvalue weighted by Crippen LogP contribution is -2.52. The fraction of sp³-hybridized carbons (Fsp3) is 0.800. The van der Waals surface area contributed by atoms with Gasteiger partial charge in [-0.2, -0.15) is 0 Å². The van der Waals surface area contributed by atoms with E-state index in [0.717, 1.165) is 24.8 Å². The van der Waals surface area contributed by atoms with Crippen molar-refractivity contribution in [3.05, 3.63) is 11.1 Å². The zero-order chi connectivity index (χ0) is 17.9. The van der Waals surface area contributed by atoms with E-state index in [9.17, 15) is 19.8 Å². The first-order valence-corrected chi connectivity index (χ1v) is 9.14. The number of carbonyl (C=O) groups is 2. The largest absolute Gasteiger partial charge is 0.394 e. The number of allylic oxidation sites excluding steroid dienone is 2. The Labute approximate surface area is 144 Å². The summed E-state index contributed by atoms with van der Waals surface area (Å²) in [6.07, 6.45) is 3.27. The van der Waals surface area contributed by atoms with Crippen LogP contribution in [0.25, 0.3) is 0 Å². The van der Waals surface area contributed by atoms with Gasteiger partial charge in [0, 0.05) is 34.8 Å². The van der Waals surface area contributed by atoms with Crippen LogP contribution in [0.5, 0.6) is 0 Å². The first-order chi connectivity index (χ1) is 11.0. The lowest BCUT2D eigenvalue weighted by Gasteiger charge is -2.56. The van der Waals surface area contributed by atoms with Gasteiger partial charge >= 0.3 is 0 Å². The van der Waals surface area contributed by atoms with Crippen molar-refractivity contribution in [2.45, 2.75) is 72.3 Å². The Bertz CT molecular complexity index is 617. The second-order valence-corrected chi connectivity index (χ2v) is 9.42. The molecular formula is C20H30O4. The Hall–Kier alpha value is -1.00. The molecule has 0 aliphatic heterocycles. The van der Waals surface area contributed by atoms with E-state index >= 15 is 0 Å². The van der Waals surface area contributed by atoms with Gasteiger partial charge in [-0.15, -0.1) is 0 Å². The molecule has 4 nitrogen and oxygen atoms in total. The van der Waals surface area contributed by atoms with Crippen LogP contribution in [0.4, 0.5) is 0 Å². The number of Topliss-reactive ketones (excluding diaryl/α,β-unsaturated/α-hetero) is 2. The summed E-state index contributed by atoms with van der Waals surface area (Å²) in [5.74, 6) is 0.289. The Morgan fingerprint density at radius 2 is 1.75 bits per heavy atom. The summed E-state index contributed by atoms with van der Waals surface area (Å²) >= 11 is 0. The molecule has 0 saturated heterocycles. The highest BCUT2D eigenvalue weighted by Gasteiger charge is 2.57. The van der Waals surface area contributed by atoms with Gasteiger partial charge in [0.25, 0.3) is 0 Å². The number of carbonyl (C=O) groups excluding carboxylic acids is 2. The van der Waals surface area contributed by atoms with Crippen LogP contribution >= 0.6 is 0 Å². The number of aliphatic hydroxyl groups is 2. The third kappa shape index (κ3) is 2.41. The fourth-order valence-electron chi connectivity index (χ4n) is 5.77. The SMILES string of the molecule is CC1(C)CCC[C@]2(C)C3=C(CC(C)([C@@H](O)CO)CC3=O)C(=O)CC12. The molecule has 0 aromatic rings. The van der Waals surface area contributed by atoms with E-state index in [4.69, 9.17) is 0 Å². The molecule has 2 N–H and O–H groups in total. The standard InChI is InChI=1S/C20H30O4/c1-18(2)6-5-7-20(4)15(18)8-13(22)12-9-19(3,16(24)11-21)10-14(23)17(12)20/h15-16,21,24H,5-11H2,1-4H3/t15?,16-,19?,20-/m0/s1. The fourth-order valence-corrected chi connectivity index (χ4v) is 5.77. The molecule has 134 valence electrons. The number of rotatable bonds is 2. The van der Waals surface area contributed by atoms with Gasteiger partial charge < -0.3 is 10.2 Å². The van der Waals surface area contributed by atoms with Crippen molar-refractivity contribution >= 4 is 11.6 Å². The Morgan fingerprint density at radius 3 is 2.38 bits per heavy atom. The lowest BCUT2D eigenvalue weighted by atomic mass is 9.47. The summed E-state index contributed by atoms with van der Waals surface area (Å²) in [6.45, 7) is 8.04. The van der Waals surface area contributed by atoms with Crippen molar-refractivity contribution in [1.29, 1.82) is 0 Å². The Kier molecular flexibility index (Phi) is 4.08. The van der Waals surface area contributed by atoms with E-state index < -0.39 is 11.5 Å². The molecule has 4 heteroatoms. The quantitative estimate of drug-likeness (QED) is 0.814. The summed E-state index contributed by atoms with van der Waals surface area (Å²) in [5, 5.41) is 19.5. The molecule has 0 heterocycles. The van der Waals surface area contributed by atoms with Gasteiger partial charge in [-0.3, -0.25) is 9.59 Å². The van der Waals surface area contributed by atoms with Crippen molar-refractivity contribution in [2.75, 3.05) is 6.61 Å². The average Bonchev–Trinajstić information content (AvgIpc) is 2.48. The molecule has 3 aliphatic rings.